The number of hydrogen-bond donors (Lipinski definition) is 0. The van der Waals surface area contributed by atoms with E-state index in [9.17, 15) is 0 Å². The lowest BCUT2D eigenvalue weighted by molar-refractivity contribution is 0.590. The quantitative estimate of drug-likeness (QED) is 0.219. The molecule has 0 saturated carbocycles. The maximum absolute atomic E-state index is 2.40. The van der Waals surface area contributed by atoms with Crippen LogP contribution >= 0.6 is 0 Å². The van der Waals surface area contributed by atoms with Crippen molar-refractivity contribution < 1.29 is 0 Å². The third-order valence-electron chi connectivity index (χ3n) is 8.65. The van der Waals surface area contributed by atoms with Crippen LogP contribution in [0.1, 0.15) is 52.7 Å². The lowest BCUT2D eigenvalue weighted by Gasteiger charge is -2.29. The van der Waals surface area contributed by atoms with Gasteiger partial charge < -0.3 is 4.90 Å². The van der Waals surface area contributed by atoms with Gasteiger partial charge >= 0.3 is 0 Å². The Morgan fingerprint density at radius 3 is 1.41 bits per heavy atom. The highest BCUT2D eigenvalue weighted by Gasteiger charge is 2.24. The first-order chi connectivity index (χ1) is 19.6. The molecule has 0 radical (unpaired) electrons. The Labute approximate surface area is 244 Å². The summed E-state index contributed by atoms with van der Waals surface area (Å²) in [5.74, 6) is 0. The number of rotatable bonds is 3. The third-order valence-corrected chi connectivity index (χ3v) is 8.65. The van der Waals surface area contributed by atoms with E-state index in [1.54, 1.807) is 0 Å². The molecule has 1 nitrogen and oxygen atoms in total. The highest BCUT2D eigenvalue weighted by Crippen LogP contribution is 2.50. The standard InChI is InChI=1S/C40H37N/c1-39(2,3)30-15-18-32(19-16-30)41(33-13-9-12-31(25-33)40(4,5)6)34-17-14-28-23-37-35-21-26-10-7-8-11-27(26)22-36(35)38(37)24-29(28)20-34/h7-25H,1-6H3. The summed E-state index contributed by atoms with van der Waals surface area (Å²) >= 11 is 0. The van der Waals surface area contributed by atoms with Gasteiger partial charge in [0.1, 0.15) is 0 Å². The van der Waals surface area contributed by atoms with E-state index in [1.165, 1.54) is 72.0 Å². The molecule has 0 fully saturated rings. The number of anilines is 3. The fraction of sp³-hybridized carbons (Fsp3) is 0.200. The van der Waals surface area contributed by atoms with Gasteiger partial charge in [0.05, 0.1) is 0 Å². The monoisotopic (exact) mass is 531 g/mol. The van der Waals surface area contributed by atoms with Crippen molar-refractivity contribution in [2.45, 2.75) is 52.4 Å². The average Bonchev–Trinajstić information content (AvgIpc) is 2.95. The molecule has 0 atom stereocenters. The van der Waals surface area contributed by atoms with Crippen molar-refractivity contribution in [1.82, 2.24) is 0 Å². The van der Waals surface area contributed by atoms with Crippen LogP contribution in [-0.2, 0) is 10.8 Å². The van der Waals surface area contributed by atoms with E-state index < -0.39 is 0 Å². The van der Waals surface area contributed by atoms with Crippen LogP contribution in [0.2, 0.25) is 0 Å². The molecule has 6 aromatic carbocycles. The van der Waals surface area contributed by atoms with Crippen LogP contribution in [0.3, 0.4) is 0 Å². The van der Waals surface area contributed by atoms with Crippen LogP contribution in [0.15, 0.2) is 115 Å². The normalized spacial score (nSPS) is 12.6. The Balaban J connectivity index is 1.36. The molecule has 202 valence electrons. The Morgan fingerprint density at radius 2 is 0.854 bits per heavy atom. The molecule has 1 aliphatic carbocycles. The average molecular weight is 532 g/mol. The summed E-state index contributed by atoms with van der Waals surface area (Å²) in [7, 11) is 0. The van der Waals surface area contributed by atoms with E-state index in [0.29, 0.717) is 0 Å². The van der Waals surface area contributed by atoms with E-state index >= 15 is 0 Å². The fourth-order valence-electron chi connectivity index (χ4n) is 6.16. The summed E-state index contributed by atoms with van der Waals surface area (Å²) in [6, 6.07) is 43.1. The maximum atomic E-state index is 2.40. The topological polar surface area (TPSA) is 3.24 Å². The predicted octanol–water partition coefficient (Wildman–Crippen LogP) is 11.7. The first-order valence-electron chi connectivity index (χ1n) is 14.7. The summed E-state index contributed by atoms with van der Waals surface area (Å²) in [5.41, 5.74) is 11.8. The fourth-order valence-corrected chi connectivity index (χ4v) is 6.16. The first-order valence-corrected chi connectivity index (χ1v) is 14.7. The smallest absolute Gasteiger partial charge is 0.0468 e. The Hall–Kier alpha value is -4.36. The summed E-state index contributed by atoms with van der Waals surface area (Å²) in [6.07, 6.45) is 0. The highest BCUT2D eigenvalue weighted by atomic mass is 15.1. The lowest BCUT2D eigenvalue weighted by Crippen LogP contribution is -2.15. The van der Waals surface area contributed by atoms with Crippen LogP contribution < -0.4 is 4.90 Å². The second kappa shape index (κ2) is 9.08. The van der Waals surface area contributed by atoms with Gasteiger partial charge in [-0.2, -0.15) is 0 Å². The highest BCUT2D eigenvalue weighted by molar-refractivity contribution is 6.12. The zero-order valence-electron chi connectivity index (χ0n) is 24.9. The molecule has 0 amide bonds. The second-order valence-corrected chi connectivity index (χ2v) is 13.6. The van der Waals surface area contributed by atoms with E-state index in [1.807, 2.05) is 0 Å². The van der Waals surface area contributed by atoms with Gasteiger partial charge in [-0.3, -0.25) is 0 Å². The van der Waals surface area contributed by atoms with Crippen molar-refractivity contribution in [3.8, 4) is 22.3 Å². The predicted molar refractivity (Wildman–Crippen MR) is 178 cm³/mol. The molecule has 6 aromatic rings. The lowest BCUT2D eigenvalue weighted by atomic mass is 9.78. The van der Waals surface area contributed by atoms with Gasteiger partial charge in [-0.15, -0.1) is 0 Å². The maximum Gasteiger partial charge on any atom is 0.0468 e. The molecule has 0 saturated heterocycles. The Bertz CT molecular complexity index is 1950. The molecular weight excluding hydrogens is 494 g/mol. The minimum absolute atomic E-state index is 0.0705. The van der Waals surface area contributed by atoms with Crippen molar-refractivity contribution in [2.75, 3.05) is 4.90 Å². The van der Waals surface area contributed by atoms with Gasteiger partial charge in [0, 0.05) is 17.1 Å². The molecule has 0 heterocycles. The number of benzene rings is 6. The molecule has 0 aromatic heterocycles. The number of fused-ring (bicyclic) bond motifs is 6. The molecule has 0 N–H and O–H groups in total. The van der Waals surface area contributed by atoms with Crippen molar-refractivity contribution in [1.29, 1.82) is 0 Å². The van der Waals surface area contributed by atoms with Crippen LogP contribution in [0.4, 0.5) is 17.1 Å². The van der Waals surface area contributed by atoms with Crippen LogP contribution in [0.25, 0.3) is 43.8 Å². The number of hydrogen-bond acceptors (Lipinski definition) is 1. The van der Waals surface area contributed by atoms with Gasteiger partial charge in [-0.1, -0.05) is 96.1 Å². The minimum Gasteiger partial charge on any atom is -0.310 e. The summed E-state index contributed by atoms with van der Waals surface area (Å²) in [6.45, 7) is 13.7. The number of nitrogens with zero attached hydrogens (tertiary/aromatic N) is 1. The van der Waals surface area contributed by atoms with Crippen molar-refractivity contribution >= 4 is 38.6 Å². The zero-order chi connectivity index (χ0) is 28.5. The van der Waals surface area contributed by atoms with Gasteiger partial charge in [0.15, 0.2) is 0 Å². The molecule has 7 rings (SSSR count). The van der Waals surface area contributed by atoms with Crippen molar-refractivity contribution in [3.63, 3.8) is 0 Å². The van der Waals surface area contributed by atoms with E-state index in [2.05, 4.69) is 162 Å². The summed E-state index contributed by atoms with van der Waals surface area (Å²) in [4.78, 5) is 2.40. The first kappa shape index (κ1) is 25.6. The Kier molecular flexibility index (Phi) is 5.67. The molecule has 0 spiro atoms. The van der Waals surface area contributed by atoms with E-state index in [4.69, 9.17) is 0 Å². The van der Waals surface area contributed by atoms with Gasteiger partial charge in [0.25, 0.3) is 0 Å². The summed E-state index contributed by atoms with van der Waals surface area (Å²) < 4.78 is 0. The molecule has 0 bridgehead atoms. The zero-order valence-corrected chi connectivity index (χ0v) is 24.9. The van der Waals surface area contributed by atoms with Crippen molar-refractivity contribution in [3.05, 3.63) is 126 Å². The van der Waals surface area contributed by atoms with E-state index in [-0.39, 0.29) is 10.8 Å². The molecule has 41 heavy (non-hydrogen) atoms. The minimum atomic E-state index is 0.0705. The Morgan fingerprint density at radius 1 is 0.366 bits per heavy atom. The summed E-state index contributed by atoms with van der Waals surface area (Å²) in [5, 5.41) is 5.15. The third kappa shape index (κ3) is 4.41. The van der Waals surface area contributed by atoms with Crippen LogP contribution in [-0.4, -0.2) is 0 Å². The van der Waals surface area contributed by atoms with Gasteiger partial charge in [0.2, 0.25) is 0 Å². The molecule has 0 unspecified atom stereocenters. The van der Waals surface area contributed by atoms with Gasteiger partial charge in [-0.25, -0.2) is 0 Å². The molecule has 1 heteroatoms. The van der Waals surface area contributed by atoms with Crippen LogP contribution in [0.5, 0.6) is 0 Å². The SMILES string of the molecule is CC(C)(C)c1ccc(N(c2cccc(C(C)(C)C)c2)c2ccc3cc4c(cc3c2)-c2cc3ccccc3cc2-4)cc1. The molecule has 0 aliphatic heterocycles. The van der Waals surface area contributed by atoms with E-state index in [0.717, 1.165) is 0 Å². The largest absolute Gasteiger partial charge is 0.310 e. The second-order valence-electron chi connectivity index (χ2n) is 13.6. The van der Waals surface area contributed by atoms with Gasteiger partial charge in [-0.05, 0) is 126 Å². The van der Waals surface area contributed by atoms with Crippen molar-refractivity contribution in [2.24, 2.45) is 0 Å². The molecule has 1 aliphatic rings. The molecular formula is C40H37N. The van der Waals surface area contributed by atoms with Crippen LogP contribution in [0, 0.1) is 0 Å².